The summed E-state index contributed by atoms with van der Waals surface area (Å²) in [7, 11) is 0. The third-order valence-electron chi connectivity index (χ3n) is 3.01. The van der Waals surface area contributed by atoms with Gasteiger partial charge in [0.2, 0.25) is 5.91 Å². The van der Waals surface area contributed by atoms with Crippen LogP contribution < -0.4 is 5.73 Å². The summed E-state index contributed by atoms with van der Waals surface area (Å²) in [6.07, 6.45) is 0.832. The minimum absolute atomic E-state index is 0.180. The van der Waals surface area contributed by atoms with Crippen LogP contribution in [-0.4, -0.2) is 35.1 Å². The summed E-state index contributed by atoms with van der Waals surface area (Å²) in [5.74, 6) is -0.180. The van der Waals surface area contributed by atoms with Crippen molar-refractivity contribution in [2.24, 2.45) is 5.73 Å². The Kier molecular flexibility index (Phi) is 3.81. The van der Waals surface area contributed by atoms with Gasteiger partial charge in [0, 0.05) is 17.6 Å². The normalized spacial score (nSPS) is 16.5. The average Bonchev–Trinajstić information content (AvgIpc) is 2.36. The van der Waals surface area contributed by atoms with Crippen LogP contribution in [0.1, 0.15) is 11.1 Å². The Morgan fingerprint density at radius 1 is 1.53 bits per heavy atom. The van der Waals surface area contributed by atoms with Gasteiger partial charge in [0.15, 0.2) is 0 Å². The van der Waals surface area contributed by atoms with E-state index in [1.807, 2.05) is 12.1 Å². The Morgan fingerprint density at radius 3 is 3.00 bits per heavy atom. The number of nitrogens with zero attached hydrogens (tertiary/aromatic N) is 1. The number of amides is 1. The SMILES string of the molecule is N[C@H](CO)C(=O)N1CCc2cc(Br)ccc2C1. The highest BCUT2D eigenvalue weighted by atomic mass is 79.9. The topological polar surface area (TPSA) is 66.6 Å². The van der Waals surface area contributed by atoms with Gasteiger partial charge in [-0.2, -0.15) is 0 Å². The average molecular weight is 299 g/mol. The van der Waals surface area contributed by atoms with E-state index in [1.54, 1.807) is 4.90 Å². The number of carbonyl (C=O) groups is 1. The first-order chi connectivity index (χ1) is 8.11. The third kappa shape index (κ3) is 2.68. The van der Waals surface area contributed by atoms with Gasteiger partial charge in [0.1, 0.15) is 6.04 Å². The van der Waals surface area contributed by atoms with Crippen LogP contribution in [0.2, 0.25) is 0 Å². The van der Waals surface area contributed by atoms with E-state index in [0.29, 0.717) is 13.1 Å². The van der Waals surface area contributed by atoms with Crippen LogP contribution >= 0.6 is 15.9 Å². The maximum Gasteiger partial charge on any atom is 0.242 e. The predicted molar refractivity (Wildman–Crippen MR) is 68.3 cm³/mol. The van der Waals surface area contributed by atoms with E-state index in [2.05, 4.69) is 22.0 Å². The fourth-order valence-corrected chi connectivity index (χ4v) is 2.43. The molecular formula is C12H15BrN2O2. The van der Waals surface area contributed by atoms with Crippen LogP contribution in [0.3, 0.4) is 0 Å². The Labute approximate surface area is 109 Å². The van der Waals surface area contributed by atoms with Gasteiger partial charge in [-0.1, -0.05) is 22.0 Å². The quantitative estimate of drug-likeness (QED) is 0.843. The van der Waals surface area contributed by atoms with Crippen molar-refractivity contribution in [2.75, 3.05) is 13.2 Å². The number of halogens is 1. The van der Waals surface area contributed by atoms with E-state index >= 15 is 0 Å². The number of fused-ring (bicyclic) bond motifs is 1. The van der Waals surface area contributed by atoms with Gasteiger partial charge < -0.3 is 15.7 Å². The summed E-state index contributed by atoms with van der Waals surface area (Å²) < 4.78 is 1.06. The van der Waals surface area contributed by atoms with Gasteiger partial charge >= 0.3 is 0 Å². The number of nitrogens with two attached hydrogens (primary N) is 1. The molecule has 0 saturated carbocycles. The van der Waals surface area contributed by atoms with Crippen molar-refractivity contribution in [3.63, 3.8) is 0 Å². The van der Waals surface area contributed by atoms with Crippen molar-refractivity contribution >= 4 is 21.8 Å². The van der Waals surface area contributed by atoms with Crippen molar-refractivity contribution in [2.45, 2.75) is 19.0 Å². The zero-order valence-electron chi connectivity index (χ0n) is 9.40. The molecule has 0 saturated heterocycles. The third-order valence-corrected chi connectivity index (χ3v) is 3.50. The summed E-state index contributed by atoms with van der Waals surface area (Å²) in [5, 5.41) is 8.89. The van der Waals surface area contributed by atoms with E-state index < -0.39 is 6.04 Å². The second-order valence-electron chi connectivity index (χ2n) is 4.21. The lowest BCUT2D eigenvalue weighted by Crippen LogP contribution is -2.47. The van der Waals surface area contributed by atoms with E-state index in [0.717, 1.165) is 16.5 Å². The number of carbonyl (C=O) groups excluding carboxylic acids is 1. The number of aliphatic hydroxyl groups is 1. The van der Waals surface area contributed by atoms with Gasteiger partial charge in [-0.3, -0.25) is 4.79 Å². The molecule has 0 unspecified atom stereocenters. The number of hydrogen-bond donors (Lipinski definition) is 2. The fourth-order valence-electron chi connectivity index (χ4n) is 2.02. The molecule has 5 heteroatoms. The summed E-state index contributed by atoms with van der Waals surface area (Å²) in [6.45, 7) is 0.938. The zero-order valence-corrected chi connectivity index (χ0v) is 11.0. The maximum absolute atomic E-state index is 11.8. The van der Waals surface area contributed by atoms with Gasteiger partial charge in [0.05, 0.1) is 6.61 Å². The smallest absolute Gasteiger partial charge is 0.242 e. The molecule has 1 aliphatic rings. The van der Waals surface area contributed by atoms with Gasteiger partial charge in [-0.05, 0) is 29.7 Å². The van der Waals surface area contributed by atoms with Crippen molar-refractivity contribution in [1.82, 2.24) is 4.90 Å². The van der Waals surface area contributed by atoms with Crippen molar-refractivity contribution in [3.05, 3.63) is 33.8 Å². The van der Waals surface area contributed by atoms with Crippen LogP contribution in [0.25, 0.3) is 0 Å². The summed E-state index contributed by atoms with van der Waals surface area (Å²) in [5.41, 5.74) is 7.96. The molecule has 0 radical (unpaired) electrons. The van der Waals surface area contributed by atoms with Crippen molar-refractivity contribution in [1.29, 1.82) is 0 Å². The van der Waals surface area contributed by atoms with Crippen molar-refractivity contribution < 1.29 is 9.90 Å². The number of benzene rings is 1. The second kappa shape index (κ2) is 5.16. The number of rotatable bonds is 2. The molecule has 1 aliphatic heterocycles. The van der Waals surface area contributed by atoms with Crippen LogP contribution in [0.5, 0.6) is 0 Å². The highest BCUT2D eigenvalue weighted by Crippen LogP contribution is 2.23. The zero-order chi connectivity index (χ0) is 12.4. The lowest BCUT2D eigenvalue weighted by atomic mass is 9.99. The molecular weight excluding hydrogens is 284 g/mol. The van der Waals surface area contributed by atoms with Crippen LogP contribution in [0.4, 0.5) is 0 Å². The molecule has 0 aromatic heterocycles. The van der Waals surface area contributed by atoms with E-state index in [-0.39, 0.29) is 12.5 Å². The van der Waals surface area contributed by atoms with Crippen molar-refractivity contribution in [3.8, 4) is 0 Å². The molecule has 0 aliphatic carbocycles. The Balaban J connectivity index is 2.13. The molecule has 1 amide bonds. The van der Waals surface area contributed by atoms with Crippen LogP contribution in [0, 0.1) is 0 Å². The van der Waals surface area contributed by atoms with Crippen LogP contribution in [0.15, 0.2) is 22.7 Å². The van der Waals surface area contributed by atoms with Gasteiger partial charge in [-0.25, -0.2) is 0 Å². The molecule has 1 heterocycles. The molecule has 1 aromatic carbocycles. The molecule has 17 heavy (non-hydrogen) atoms. The van der Waals surface area contributed by atoms with Gasteiger partial charge in [-0.15, -0.1) is 0 Å². The molecule has 0 spiro atoms. The molecule has 1 aromatic rings. The molecule has 4 nitrogen and oxygen atoms in total. The Hall–Kier alpha value is -0.910. The molecule has 0 bridgehead atoms. The Bertz CT molecular complexity index is 437. The Morgan fingerprint density at radius 2 is 2.29 bits per heavy atom. The minimum atomic E-state index is -0.799. The molecule has 1 atom stereocenters. The van der Waals surface area contributed by atoms with E-state index in [4.69, 9.17) is 10.8 Å². The molecule has 0 fully saturated rings. The highest BCUT2D eigenvalue weighted by molar-refractivity contribution is 9.10. The summed E-state index contributed by atoms with van der Waals surface area (Å²) in [4.78, 5) is 13.5. The molecule has 3 N–H and O–H groups in total. The second-order valence-corrected chi connectivity index (χ2v) is 5.13. The predicted octanol–water partition coefficient (Wildman–Crippen LogP) is 0.653. The molecule has 2 rings (SSSR count). The maximum atomic E-state index is 11.8. The standard InChI is InChI=1S/C12H15BrN2O2/c13-10-2-1-9-6-15(4-3-8(9)5-10)12(17)11(14)7-16/h1-2,5,11,16H,3-4,6-7,14H2/t11-/m1/s1. The van der Waals surface area contributed by atoms with Gasteiger partial charge in [0.25, 0.3) is 0 Å². The van der Waals surface area contributed by atoms with E-state index in [1.165, 1.54) is 5.56 Å². The lowest BCUT2D eigenvalue weighted by molar-refractivity contribution is -0.134. The minimum Gasteiger partial charge on any atom is -0.394 e. The summed E-state index contributed by atoms with van der Waals surface area (Å²) in [6, 6.07) is 5.28. The number of aliphatic hydroxyl groups excluding tert-OH is 1. The largest absolute Gasteiger partial charge is 0.394 e. The fraction of sp³-hybridized carbons (Fsp3) is 0.417. The number of hydrogen-bond acceptors (Lipinski definition) is 3. The monoisotopic (exact) mass is 298 g/mol. The van der Waals surface area contributed by atoms with Crippen LogP contribution in [-0.2, 0) is 17.8 Å². The first-order valence-corrected chi connectivity index (χ1v) is 6.33. The first kappa shape index (κ1) is 12.5. The molecule has 92 valence electrons. The highest BCUT2D eigenvalue weighted by Gasteiger charge is 2.24. The first-order valence-electron chi connectivity index (χ1n) is 5.54. The van der Waals surface area contributed by atoms with E-state index in [9.17, 15) is 4.79 Å². The summed E-state index contributed by atoms with van der Waals surface area (Å²) >= 11 is 3.44. The lowest BCUT2D eigenvalue weighted by Gasteiger charge is -2.30.